The zero-order valence-electron chi connectivity index (χ0n) is 42.0. The van der Waals surface area contributed by atoms with Gasteiger partial charge in [0.2, 0.25) is 33.5 Å². The van der Waals surface area contributed by atoms with E-state index in [1.54, 1.807) is 146 Å². The molecule has 13 heteroatoms. The van der Waals surface area contributed by atoms with Gasteiger partial charge in [-0.3, -0.25) is 14.4 Å². The van der Waals surface area contributed by atoms with Crippen molar-refractivity contribution in [3.05, 3.63) is 284 Å². The normalized spacial score (nSPS) is 10.6. The minimum absolute atomic E-state index is 0. The SMILES string of the molecule is O=c1c(O)c(-c2ccc(OCc3ccccc3)cc2)oc2ccccc12.O=c1c(O)c(-c2ccc(OCc3ccccc3)cc2)oc2ccccc12.O=c1c(O)c(-c2ccc(OCc3ccccc3)cc2)oc2ccccc12.[Fe]. The van der Waals surface area contributed by atoms with Gasteiger partial charge in [0, 0.05) is 33.8 Å². The summed E-state index contributed by atoms with van der Waals surface area (Å²) in [6.07, 6.45) is 0. The van der Waals surface area contributed by atoms with Crippen molar-refractivity contribution in [1.82, 2.24) is 0 Å². The van der Waals surface area contributed by atoms with Crippen LogP contribution in [0.2, 0.25) is 0 Å². The topological polar surface area (TPSA) is 179 Å². The van der Waals surface area contributed by atoms with Gasteiger partial charge in [0.25, 0.3) is 0 Å². The van der Waals surface area contributed by atoms with Crippen molar-refractivity contribution in [3.63, 3.8) is 0 Å². The van der Waals surface area contributed by atoms with Crippen LogP contribution in [0.25, 0.3) is 66.9 Å². The van der Waals surface area contributed by atoms with E-state index in [1.807, 2.05) is 91.0 Å². The molecule has 0 aliphatic rings. The van der Waals surface area contributed by atoms with Crippen LogP contribution in [-0.4, -0.2) is 15.3 Å². The molecule has 0 amide bonds. The number of hydrogen-bond acceptors (Lipinski definition) is 12. The number of ether oxygens (including phenoxy) is 3. The van der Waals surface area contributed by atoms with Crippen LogP contribution in [0.1, 0.15) is 16.7 Å². The first-order chi connectivity index (χ1) is 38.2. The molecule has 3 aromatic heterocycles. The van der Waals surface area contributed by atoms with Crippen molar-refractivity contribution in [3.8, 4) is 68.5 Å². The predicted octanol–water partition coefficient (Wildman–Crippen LogP) is 14.2. The van der Waals surface area contributed by atoms with Crippen molar-refractivity contribution >= 4 is 32.9 Å². The molecule has 9 aromatic carbocycles. The van der Waals surface area contributed by atoms with Crippen molar-refractivity contribution in [1.29, 1.82) is 0 Å². The van der Waals surface area contributed by atoms with E-state index < -0.39 is 16.3 Å². The molecular formula is C66H48FeO12. The van der Waals surface area contributed by atoms with E-state index in [0.717, 1.165) is 16.7 Å². The number of hydrogen-bond donors (Lipinski definition) is 3. The molecule has 12 aromatic rings. The van der Waals surface area contributed by atoms with Crippen molar-refractivity contribution in [2.45, 2.75) is 19.8 Å². The van der Waals surface area contributed by atoms with E-state index >= 15 is 0 Å². The average Bonchev–Trinajstić information content (AvgIpc) is 3.53. The summed E-state index contributed by atoms with van der Waals surface area (Å²) in [5.41, 5.74) is 5.06. The Balaban J connectivity index is 0.000000143. The molecule has 0 aliphatic carbocycles. The van der Waals surface area contributed by atoms with Gasteiger partial charge in [0.15, 0.2) is 17.3 Å². The number of fused-ring (bicyclic) bond motifs is 3. The fraction of sp³-hybridized carbons (Fsp3) is 0.0455. The van der Waals surface area contributed by atoms with Crippen LogP contribution in [0.15, 0.2) is 264 Å². The maximum atomic E-state index is 12.3. The van der Waals surface area contributed by atoms with Crippen LogP contribution in [0.3, 0.4) is 0 Å². The van der Waals surface area contributed by atoms with E-state index in [1.165, 1.54) is 0 Å². The van der Waals surface area contributed by atoms with Crippen molar-refractivity contribution in [2.75, 3.05) is 0 Å². The molecule has 79 heavy (non-hydrogen) atoms. The molecule has 12 rings (SSSR count). The molecule has 0 aliphatic heterocycles. The second kappa shape index (κ2) is 25.2. The molecule has 0 bridgehead atoms. The Morgan fingerprint density at radius 1 is 0.291 bits per heavy atom. The largest absolute Gasteiger partial charge is 0.502 e. The van der Waals surface area contributed by atoms with Crippen LogP contribution >= 0.6 is 0 Å². The van der Waals surface area contributed by atoms with Crippen LogP contribution in [0, 0.1) is 0 Å². The molecule has 0 saturated heterocycles. The third-order valence-corrected chi connectivity index (χ3v) is 12.4. The fourth-order valence-corrected chi connectivity index (χ4v) is 8.31. The first-order valence-corrected chi connectivity index (χ1v) is 24.7. The Morgan fingerprint density at radius 2 is 0.519 bits per heavy atom. The van der Waals surface area contributed by atoms with E-state index in [4.69, 9.17) is 27.5 Å². The van der Waals surface area contributed by atoms with E-state index in [0.29, 0.717) is 86.7 Å². The summed E-state index contributed by atoms with van der Waals surface area (Å²) in [5.74, 6) is 1.39. The fourth-order valence-electron chi connectivity index (χ4n) is 8.31. The van der Waals surface area contributed by atoms with Gasteiger partial charge in [-0.05, 0) is 126 Å². The van der Waals surface area contributed by atoms with Gasteiger partial charge in [0.05, 0.1) is 16.2 Å². The number of para-hydroxylation sites is 3. The van der Waals surface area contributed by atoms with Crippen LogP contribution in [0.5, 0.6) is 34.5 Å². The smallest absolute Gasteiger partial charge is 0.235 e. The summed E-state index contributed by atoms with van der Waals surface area (Å²) in [6, 6.07) is 71.5. The van der Waals surface area contributed by atoms with Crippen LogP contribution < -0.4 is 30.5 Å². The monoisotopic (exact) mass is 1090 g/mol. The average molecular weight is 1090 g/mol. The molecule has 0 spiro atoms. The summed E-state index contributed by atoms with van der Waals surface area (Å²) in [4.78, 5) is 36.9. The molecular weight excluding hydrogens is 1040 g/mol. The van der Waals surface area contributed by atoms with Gasteiger partial charge in [-0.2, -0.15) is 0 Å². The molecule has 0 saturated carbocycles. The first kappa shape index (κ1) is 53.7. The molecule has 0 unspecified atom stereocenters. The Kier molecular flexibility index (Phi) is 17.1. The number of benzene rings is 9. The minimum Gasteiger partial charge on any atom is -0.502 e. The van der Waals surface area contributed by atoms with E-state index in [-0.39, 0.29) is 51.6 Å². The maximum Gasteiger partial charge on any atom is 0.235 e. The summed E-state index contributed by atoms with van der Waals surface area (Å²) in [6.45, 7) is 1.41. The Bertz CT molecular complexity index is 3730. The predicted molar refractivity (Wildman–Crippen MR) is 301 cm³/mol. The minimum atomic E-state index is -0.439. The summed E-state index contributed by atoms with van der Waals surface area (Å²) in [7, 11) is 0. The zero-order chi connectivity index (χ0) is 53.8. The third-order valence-electron chi connectivity index (χ3n) is 12.4. The molecule has 3 heterocycles. The number of aromatic hydroxyl groups is 3. The Labute approximate surface area is 462 Å². The number of rotatable bonds is 12. The second-order valence-electron chi connectivity index (χ2n) is 17.7. The van der Waals surface area contributed by atoms with Crippen molar-refractivity contribution in [2.24, 2.45) is 0 Å². The van der Waals surface area contributed by atoms with Crippen LogP contribution in [0.4, 0.5) is 0 Å². The molecule has 392 valence electrons. The van der Waals surface area contributed by atoms with Gasteiger partial charge < -0.3 is 42.8 Å². The molecule has 3 N–H and O–H groups in total. The van der Waals surface area contributed by atoms with Crippen molar-refractivity contribution < 1.29 is 59.9 Å². The zero-order valence-corrected chi connectivity index (χ0v) is 43.1. The van der Waals surface area contributed by atoms with Gasteiger partial charge in [0.1, 0.15) is 53.8 Å². The Hall–Kier alpha value is -10.1. The van der Waals surface area contributed by atoms with E-state index in [9.17, 15) is 29.7 Å². The maximum absolute atomic E-state index is 12.3. The van der Waals surface area contributed by atoms with Gasteiger partial charge in [-0.15, -0.1) is 0 Å². The first-order valence-electron chi connectivity index (χ1n) is 24.7. The molecule has 12 nitrogen and oxygen atoms in total. The molecule has 0 fully saturated rings. The second-order valence-corrected chi connectivity index (χ2v) is 17.7. The van der Waals surface area contributed by atoms with Gasteiger partial charge in [-0.25, -0.2) is 0 Å². The van der Waals surface area contributed by atoms with E-state index in [2.05, 4.69) is 0 Å². The van der Waals surface area contributed by atoms with Gasteiger partial charge in [-0.1, -0.05) is 127 Å². The quantitative estimate of drug-likeness (QED) is 0.0988. The summed E-state index contributed by atoms with van der Waals surface area (Å²) in [5, 5.41) is 31.8. The Morgan fingerprint density at radius 3 is 0.772 bits per heavy atom. The van der Waals surface area contributed by atoms with Gasteiger partial charge >= 0.3 is 0 Å². The summed E-state index contributed by atoms with van der Waals surface area (Å²) >= 11 is 0. The van der Waals surface area contributed by atoms with Crippen LogP contribution in [-0.2, 0) is 36.9 Å². The molecule has 0 atom stereocenters. The third kappa shape index (κ3) is 12.8. The standard InChI is InChI=1S/3C22H16O4.Fe/c3*23-20-18-8-4-5-9-19(18)26-22(21(20)24)16-10-12-17(13-11-16)25-14-15-6-2-1-3-7-15;/h3*1-13,24H,14H2;. The summed E-state index contributed by atoms with van der Waals surface area (Å²) < 4.78 is 34.5. The molecule has 0 radical (unpaired) electrons.